The van der Waals surface area contributed by atoms with Crippen molar-refractivity contribution in [2.45, 2.75) is 12.6 Å². The van der Waals surface area contributed by atoms with Gasteiger partial charge in [-0.15, -0.1) is 0 Å². The first kappa shape index (κ1) is 13.5. The molecule has 1 amide bonds. The molecule has 0 bridgehead atoms. The summed E-state index contributed by atoms with van der Waals surface area (Å²) in [5, 5.41) is 3.24. The number of hydrogen-bond acceptors (Lipinski definition) is 3. The van der Waals surface area contributed by atoms with Crippen LogP contribution in [0.15, 0.2) is 54.6 Å². The van der Waals surface area contributed by atoms with Crippen molar-refractivity contribution < 1.29 is 9.53 Å². The maximum Gasteiger partial charge on any atom is 0.265 e. The van der Waals surface area contributed by atoms with Gasteiger partial charge in [0.05, 0.1) is 12.2 Å². The van der Waals surface area contributed by atoms with Crippen LogP contribution in [0, 0.1) is 0 Å². The summed E-state index contributed by atoms with van der Waals surface area (Å²) < 4.78 is 5.80. The second kappa shape index (κ2) is 5.87. The number of para-hydroxylation sites is 2. The fourth-order valence-corrected chi connectivity index (χ4v) is 2.43. The third-order valence-electron chi connectivity index (χ3n) is 3.55. The van der Waals surface area contributed by atoms with Crippen molar-refractivity contribution in [1.29, 1.82) is 0 Å². The average molecular weight is 282 g/mol. The molecule has 0 fully saturated rings. The molecule has 0 unspecified atom stereocenters. The van der Waals surface area contributed by atoms with Crippen LogP contribution in [-0.4, -0.2) is 30.5 Å². The van der Waals surface area contributed by atoms with Gasteiger partial charge >= 0.3 is 0 Å². The van der Waals surface area contributed by atoms with E-state index >= 15 is 0 Å². The van der Waals surface area contributed by atoms with Gasteiger partial charge in [0.25, 0.3) is 5.91 Å². The summed E-state index contributed by atoms with van der Waals surface area (Å²) >= 11 is 0. The van der Waals surface area contributed by atoms with Crippen LogP contribution < -0.4 is 10.1 Å². The summed E-state index contributed by atoms with van der Waals surface area (Å²) in [6, 6.07) is 17.6. The minimum absolute atomic E-state index is 0.0131. The average Bonchev–Trinajstić information content (AvgIpc) is 2.54. The van der Waals surface area contributed by atoms with Crippen LogP contribution in [0.5, 0.6) is 5.75 Å². The standard InChI is InChI=1S/C17H18N2O2/c1-19(12-13-7-3-2-4-8-13)17(20)16-11-18-14-9-5-6-10-15(14)21-16/h2-10,16,18H,11-12H2,1H3/t16-/m0/s1. The molecule has 1 atom stereocenters. The van der Waals surface area contributed by atoms with Gasteiger partial charge in [0.1, 0.15) is 5.75 Å². The minimum Gasteiger partial charge on any atom is -0.477 e. The molecule has 4 nitrogen and oxygen atoms in total. The lowest BCUT2D eigenvalue weighted by atomic mass is 10.2. The van der Waals surface area contributed by atoms with Gasteiger partial charge in [-0.2, -0.15) is 0 Å². The highest BCUT2D eigenvalue weighted by Gasteiger charge is 2.28. The van der Waals surface area contributed by atoms with E-state index in [0.717, 1.165) is 17.0 Å². The number of carbonyl (C=O) groups is 1. The molecule has 0 saturated heterocycles. The second-order valence-corrected chi connectivity index (χ2v) is 5.16. The molecule has 0 saturated carbocycles. The first-order chi connectivity index (χ1) is 10.2. The first-order valence-corrected chi connectivity index (χ1v) is 7.02. The van der Waals surface area contributed by atoms with Gasteiger partial charge in [-0.3, -0.25) is 4.79 Å². The molecule has 0 aliphatic carbocycles. The number of amides is 1. The van der Waals surface area contributed by atoms with E-state index in [-0.39, 0.29) is 5.91 Å². The Morgan fingerprint density at radius 1 is 1.19 bits per heavy atom. The summed E-state index contributed by atoms with van der Waals surface area (Å²) in [7, 11) is 1.80. The van der Waals surface area contributed by atoms with Crippen LogP contribution in [0.1, 0.15) is 5.56 Å². The van der Waals surface area contributed by atoms with E-state index in [1.54, 1.807) is 11.9 Å². The summed E-state index contributed by atoms with van der Waals surface area (Å²) in [5.74, 6) is 0.719. The van der Waals surface area contributed by atoms with Crippen LogP contribution >= 0.6 is 0 Å². The zero-order chi connectivity index (χ0) is 14.7. The minimum atomic E-state index is -0.478. The second-order valence-electron chi connectivity index (χ2n) is 5.16. The predicted molar refractivity (Wildman–Crippen MR) is 82.3 cm³/mol. The molecule has 1 heterocycles. The maximum atomic E-state index is 12.5. The van der Waals surface area contributed by atoms with E-state index in [0.29, 0.717) is 13.1 Å². The Labute approximate surface area is 124 Å². The molecule has 1 aliphatic heterocycles. The Kier molecular flexibility index (Phi) is 3.77. The molecule has 0 radical (unpaired) electrons. The van der Waals surface area contributed by atoms with Gasteiger partial charge in [-0.1, -0.05) is 42.5 Å². The molecule has 2 aromatic rings. The molecule has 4 heteroatoms. The van der Waals surface area contributed by atoms with Crippen LogP contribution in [0.25, 0.3) is 0 Å². The summed E-state index contributed by atoms with van der Waals surface area (Å²) in [6.07, 6.45) is -0.478. The highest BCUT2D eigenvalue weighted by Crippen LogP contribution is 2.28. The lowest BCUT2D eigenvalue weighted by Gasteiger charge is -2.29. The number of nitrogens with one attached hydrogen (secondary N) is 1. The number of fused-ring (bicyclic) bond motifs is 1. The summed E-state index contributed by atoms with van der Waals surface area (Å²) in [5.41, 5.74) is 2.05. The van der Waals surface area contributed by atoms with Crippen molar-refractivity contribution >= 4 is 11.6 Å². The zero-order valence-electron chi connectivity index (χ0n) is 12.0. The molecular weight excluding hydrogens is 264 g/mol. The number of anilines is 1. The predicted octanol–water partition coefficient (Wildman–Crippen LogP) is 2.52. The van der Waals surface area contributed by atoms with Gasteiger partial charge < -0.3 is 15.0 Å². The lowest BCUT2D eigenvalue weighted by molar-refractivity contribution is -0.137. The Morgan fingerprint density at radius 3 is 2.71 bits per heavy atom. The molecule has 21 heavy (non-hydrogen) atoms. The number of ether oxygens (including phenoxy) is 1. The molecule has 1 aliphatic rings. The molecule has 0 aromatic heterocycles. The third-order valence-corrected chi connectivity index (χ3v) is 3.55. The fraction of sp³-hybridized carbons (Fsp3) is 0.235. The first-order valence-electron chi connectivity index (χ1n) is 7.02. The quantitative estimate of drug-likeness (QED) is 0.940. The van der Waals surface area contributed by atoms with Crippen molar-refractivity contribution in [2.24, 2.45) is 0 Å². The van der Waals surface area contributed by atoms with Crippen molar-refractivity contribution in [2.75, 3.05) is 18.9 Å². The van der Waals surface area contributed by atoms with E-state index < -0.39 is 6.10 Å². The van der Waals surface area contributed by atoms with Crippen molar-refractivity contribution in [3.63, 3.8) is 0 Å². The van der Waals surface area contributed by atoms with E-state index in [1.807, 2.05) is 54.6 Å². The largest absolute Gasteiger partial charge is 0.477 e. The molecule has 108 valence electrons. The Bertz CT molecular complexity index is 628. The highest BCUT2D eigenvalue weighted by atomic mass is 16.5. The maximum absolute atomic E-state index is 12.5. The van der Waals surface area contributed by atoms with Crippen LogP contribution in [0.3, 0.4) is 0 Å². The van der Waals surface area contributed by atoms with Gasteiger partial charge in [-0.25, -0.2) is 0 Å². The monoisotopic (exact) mass is 282 g/mol. The molecule has 1 N–H and O–H groups in total. The van der Waals surface area contributed by atoms with Gasteiger partial charge in [0.15, 0.2) is 6.10 Å². The smallest absolute Gasteiger partial charge is 0.265 e. The van der Waals surface area contributed by atoms with Crippen LogP contribution in [0.2, 0.25) is 0 Å². The van der Waals surface area contributed by atoms with Crippen LogP contribution in [0.4, 0.5) is 5.69 Å². The zero-order valence-corrected chi connectivity index (χ0v) is 12.0. The van der Waals surface area contributed by atoms with E-state index in [2.05, 4.69) is 5.32 Å². The van der Waals surface area contributed by atoms with Gasteiger partial charge in [-0.05, 0) is 17.7 Å². The molecule has 2 aromatic carbocycles. The lowest BCUT2D eigenvalue weighted by Crippen LogP contribution is -2.45. The Balaban J connectivity index is 1.66. The number of rotatable bonds is 3. The number of nitrogens with zero attached hydrogens (tertiary/aromatic N) is 1. The summed E-state index contributed by atoms with van der Waals surface area (Å²) in [4.78, 5) is 14.2. The highest BCUT2D eigenvalue weighted by molar-refractivity contribution is 5.83. The molecule has 3 rings (SSSR count). The number of carbonyl (C=O) groups excluding carboxylic acids is 1. The van der Waals surface area contributed by atoms with Crippen molar-refractivity contribution in [3.8, 4) is 5.75 Å². The van der Waals surface area contributed by atoms with Gasteiger partial charge in [0.2, 0.25) is 0 Å². The Morgan fingerprint density at radius 2 is 1.90 bits per heavy atom. The van der Waals surface area contributed by atoms with Crippen LogP contribution in [-0.2, 0) is 11.3 Å². The van der Waals surface area contributed by atoms with E-state index in [1.165, 1.54) is 0 Å². The van der Waals surface area contributed by atoms with Crippen molar-refractivity contribution in [1.82, 2.24) is 4.90 Å². The number of hydrogen-bond donors (Lipinski definition) is 1. The van der Waals surface area contributed by atoms with E-state index in [4.69, 9.17) is 4.74 Å². The van der Waals surface area contributed by atoms with Crippen molar-refractivity contribution in [3.05, 3.63) is 60.2 Å². The molecular formula is C17H18N2O2. The third kappa shape index (κ3) is 2.99. The fourth-order valence-electron chi connectivity index (χ4n) is 2.43. The van der Waals surface area contributed by atoms with E-state index in [9.17, 15) is 4.79 Å². The van der Waals surface area contributed by atoms with Gasteiger partial charge in [0, 0.05) is 13.6 Å². The normalized spacial score (nSPS) is 16.3. The summed E-state index contributed by atoms with van der Waals surface area (Å²) in [6.45, 7) is 1.08. The molecule has 0 spiro atoms. The Hall–Kier alpha value is -2.49. The SMILES string of the molecule is CN(Cc1ccccc1)C(=O)[C@@H]1CNc2ccccc2O1. The topological polar surface area (TPSA) is 41.6 Å². The number of likely N-dealkylation sites (N-methyl/N-ethyl adjacent to an activating group) is 1. The number of benzene rings is 2.